The second-order valence-electron chi connectivity index (χ2n) is 11.0. The number of rotatable bonds is 5. The molecular formula is C39H32Si. The van der Waals surface area contributed by atoms with Crippen molar-refractivity contribution in [1.82, 2.24) is 0 Å². The summed E-state index contributed by atoms with van der Waals surface area (Å²) in [4.78, 5) is 0. The van der Waals surface area contributed by atoms with Gasteiger partial charge in [0.25, 0.3) is 0 Å². The van der Waals surface area contributed by atoms with Gasteiger partial charge in [-0.2, -0.15) is 0 Å². The van der Waals surface area contributed by atoms with Gasteiger partial charge >= 0.3 is 0 Å². The molecule has 5 aromatic rings. The fraction of sp³-hybridized carbons (Fsp3) is 0.128. The molecule has 192 valence electrons. The Kier molecular flexibility index (Phi) is 6.25. The molecule has 0 saturated carbocycles. The Hall–Kier alpha value is -4.20. The second-order valence-corrected chi connectivity index (χ2v) is 12.5. The van der Waals surface area contributed by atoms with Gasteiger partial charge < -0.3 is 0 Å². The first-order valence-electron chi connectivity index (χ1n) is 14.2. The molecule has 2 radical (unpaired) electrons. The Morgan fingerprint density at radius 3 is 1.43 bits per heavy atom. The van der Waals surface area contributed by atoms with Crippen LogP contribution in [0.1, 0.15) is 59.7 Å². The average Bonchev–Trinajstić information content (AvgIpc) is 3.44. The number of hydrogen-bond acceptors (Lipinski definition) is 0. The molecule has 0 aliphatic heterocycles. The van der Waals surface area contributed by atoms with E-state index in [9.17, 15) is 0 Å². The van der Waals surface area contributed by atoms with Gasteiger partial charge in [-0.1, -0.05) is 139 Å². The molecule has 2 unspecified atom stereocenters. The quantitative estimate of drug-likeness (QED) is 0.199. The van der Waals surface area contributed by atoms with Crippen molar-refractivity contribution in [2.24, 2.45) is 0 Å². The van der Waals surface area contributed by atoms with Crippen molar-refractivity contribution >= 4 is 20.7 Å². The van der Waals surface area contributed by atoms with Crippen LogP contribution in [0.25, 0.3) is 33.4 Å². The Balaban J connectivity index is 1.37. The maximum Gasteiger partial charge on any atom is 0.0678 e. The van der Waals surface area contributed by atoms with Gasteiger partial charge in [0.1, 0.15) is 0 Å². The van der Waals surface area contributed by atoms with Crippen LogP contribution in [0.4, 0.5) is 0 Å². The predicted molar refractivity (Wildman–Crippen MR) is 171 cm³/mol. The SMILES string of the molecule is CC1=C(C)C([Si]C2C(C)=C(c3ccccc3)c3c(-c4ccccc4)cccc32)c2cccc(-c3ccccc3)c21. The maximum absolute atomic E-state index is 2.39. The minimum Gasteiger partial charge on any atom is -0.0655 e. The fourth-order valence-electron chi connectivity index (χ4n) is 6.83. The van der Waals surface area contributed by atoms with Crippen molar-refractivity contribution in [3.8, 4) is 22.3 Å². The van der Waals surface area contributed by atoms with E-state index in [1.807, 2.05) is 0 Å². The van der Waals surface area contributed by atoms with Crippen molar-refractivity contribution in [2.45, 2.75) is 31.9 Å². The molecule has 5 aromatic carbocycles. The molecule has 0 bridgehead atoms. The molecule has 2 aliphatic rings. The van der Waals surface area contributed by atoms with Gasteiger partial charge in [-0.15, -0.1) is 0 Å². The lowest BCUT2D eigenvalue weighted by atomic mass is 9.90. The molecule has 2 atom stereocenters. The topological polar surface area (TPSA) is 0 Å². The molecule has 0 N–H and O–H groups in total. The summed E-state index contributed by atoms with van der Waals surface area (Å²) in [7, 11) is 0.743. The number of hydrogen-bond donors (Lipinski definition) is 0. The zero-order chi connectivity index (χ0) is 27.2. The standard InChI is InChI=1S/C39H32Si/c1-25-26(2)38(33-23-13-21-31(36(25)33)28-15-7-4-8-16-28)40-39-27(3)35(30-19-11-6-12-20-30)37-32(22-14-24-34(37)39)29-17-9-5-10-18-29/h4-24,38-39H,1-3H3. The van der Waals surface area contributed by atoms with Crippen molar-refractivity contribution < 1.29 is 0 Å². The number of fused-ring (bicyclic) bond motifs is 2. The summed E-state index contributed by atoms with van der Waals surface area (Å²) in [5.74, 6) is 0. The van der Waals surface area contributed by atoms with E-state index >= 15 is 0 Å². The Morgan fingerprint density at radius 2 is 0.875 bits per heavy atom. The molecule has 0 aromatic heterocycles. The summed E-state index contributed by atoms with van der Waals surface area (Å²) >= 11 is 0. The van der Waals surface area contributed by atoms with Crippen LogP contribution in [0.2, 0.25) is 0 Å². The first kappa shape index (κ1) is 24.8. The van der Waals surface area contributed by atoms with E-state index in [-0.39, 0.29) is 0 Å². The maximum atomic E-state index is 2.39. The third-order valence-corrected chi connectivity index (χ3v) is 11.0. The third kappa shape index (κ3) is 3.96. The smallest absolute Gasteiger partial charge is 0.0655 e. The Bertz CT molecular complexity index is 1780. The van der Waals surface area contributed by atoms with E-state index in [1.165, 1.54) is 72.4 Å². The molecule has 0 amide bonds. The van der Waals surface area contributed by atoms with Crippen molar-refractivity contribution in [3.63, 3.8) is 0 Å². The highest BCUT2D eigenvalue weighted by molar-refractivity contribution is 6.44. The first-order chi connectivity index (χ1) is 19.6. The van der Waals surface area contributed by atoms with Crippen LogP contribution in [0.5, 0.6) is 0 Å². The number of benzene rings is 5. The zero-order valence-electron chi connectivity index (χ0n) is 23.3. The second kappa shape index (κ2) is 10.1. The highest BCUT2D eigenvalue weighted by atomic mass is 28.2. The van der Waals surface area contributed by atoms with E-state index in [0.717, 1.165) is 9.52 Å². The Morgan fingerprint density at radius 1 is 0.425 bits per heavy atom. The van der Waals surface area contributed by atoms with Gasteiger partial charge in [0, 0.05) is 0 Å². The van der Waals surface area contributed by atoms with E-state index < -0.39 is 0 Å². The van der Waals surface area contributed by atoms with Gasteiger partial charge in [-0.25, -0.2) is 0 Å². The highest BCUT2D eigenvalue weighted by Crippen LogP contribution is 2.52. The average molecular weight is 529 g/mol. The molecule has 0 fully saturated rings. The van der Waals surface area contributed by atoms with Crippen LogP contribution in [-0.2, 0) is 0 Å². The normalized spacial score (nSPS) is 17.8. The molecule has 7 rings (SSSR count). The molecule has 0 saturated heterocycles. The van der Waals surface area contributed by atoms with E-state index in [4.69, 9.17) is 0 Å². The summed E-state index contributed by atoms with van der Waals surface area (Å²) < 4.78 is 0. The van der Waals surface area contributed by atoms with Crippen LogP contribution in [0.15, 0.2) is 139 Å². The summed E-state index contributed by atoms with van der Waals surface area (Å²) in [6.07, 6.45) is 0. The van der Waals surface area contributed by atoms with E-state index in [2.05, 4.69) is 148 Å². The molecule has 0 spiro atoms. The van der Waals surface area contributed by atoms with Crippen LogP contribution in [0.3, 0.4) is 0 Å². The van der Waals surface area contributed by atoms with E-state index in [0.29, 0.717) is 11.1 Å². The van der Waals surface area contributed by atoms with Gasteiger partial charge in [-0.3, -0.25) is 0 Å². The lowest BCUT2D eigenvalue weighted by molar-refractivity contribution is 1.03. The van der Waals surface area contributed by atoms with Gasteiger partial charge in [0.15, 0.2) is 0 Å². The predicted octanol–water partition coefficient (Wildman–Crippen LogP) is 10.1. The zero-order valence-corrected chi connectivity index (χ0v) is 24.3. The monoisotopic (exact) mass is 528 g/mol. The Labute approximate surface area is 240 Å². The molecule has 0 nitrogen and oxygen atoms in total. The largest absolute Gasteiger partial charge is 0.0678 e. The minimum atomic E-state index is 0.396. The summed E-state index contributed by atoms with van der Waals surface area (Å²) in [5.41, 5.74) is 19.2. The summed E-state index contributed by atoms with van der Waals surface area (Å²) in [6, 6.07) is 46.7. The van der Waals surface area contributed by atoms with Crippen molar-refractivity contribution in [3.05, 3.63) is 166 Å². The minimum absolute atomic E-state index is 0.396. The van der Waals surface area contributed by atoms with Crippen LogP contribution < -0.4 is 0 Å². The summed E-state index contributed by atoms with van der Waals surface area (Å²) in [6.45, 7) is 7.09. The molecular weight excluding hydrogens is 497 g/mol. The van der Waals surface area contributed by atoms with Gasteiger partial charge in [-0.05, 0) is 93.1 Å². The molecule has 40 heavy (non-hydrogen) atoms. The third-order valence-electron chi connectivity index (χ3n) is 8.86. The van der Waals surface area contributed by atoms with Crippen molar-refractivity contribution in [1.29, 1.82) is 0 Å². The van der Waals surface area contributed by atoms with Crippen LogP contribution >= 0.6 is 0 Å². The van der Waals surface area contributed by atoms with E-state index in [1.54, 1.807) is 0 Å². The van der Waals surface area contributed by atoms with Crippen LogP contribution in [-0.4, -0.2) is 9.52 Å². The van der Waals surface area contributed by atoms with Crippen molar-refractivity contribution in [2.75, 3.05) is 0 Å². The lowest BCUT2D eigenvalue weighted by Crippen LogP contribution is -2.17. The molecule has 1 heteroatoms. The first-order valence-corrected chi connectivity index (χ1v) is 15.4. The van der Waals surface area contributed by atoms with Gasteiger partial charge in [0.2, 0.25) is 0 Å². The summed E-state index contributed by atoms with van der Waals surface area (Å²) in [5, 5.41) is 0. The van der Waals surface area contributed by atoms with Crippen LogP contribution in [0, 0.1) is 0 Å². The molecule has 2 aliphatic carbocycles. The van der Waals surface area contributed by atoms with Gasteiger partial charge in [0.05, 0.1) is 9.52 Å². The molecule has 0 heterocycles. The number of allylic oxidation sites excluding steroid dienone is 3. The highest BCUT2D eigenvalue weighted by Gasteiger charge is 2.37. The lowest BCUT2D eigenvalue weighted by Gasteiger charge is -2.21. The fourth-order valence-corrected chi connectivity index (χ4v) is 8.86.